The number of aromatic nitrogens is 1. The lowest BCUT2D eigenvalue weighted by Gasteiger charge is -2.55. The van der Waals surface area contributed by atoms with Crippen LogP contribution in [-0.4, -0.2) is 86.9 Å². The van der Waals surface area contributed by atoms with Crippen LogP contribution in [0.4, 0.5) is 20.4 Å². The predicted molar refractivity (Wildman–Crippen MR) is 172 cm³/mol. The third-order valence-electron chi connectivity index (χ3n) is 6.81. The molecule has 1 unspecified atom stereocenters. The van der Waals surface area contributed by atoms with Crippen LogP contribution in [0.25, 0.3) is 0 Å². The van der Waals surface area contributed by atoms with Crippen LogP contribution in [0.15, 0.2) is 24.3 Å². The standard InChI is InChI=1S/C30H45N7O7S/c1-18(38)32-25-33-21(23(45-25)24(40)31-17-16-22(39)36(8)9)15-12-19-10-13-20(14-11-19)34-30(28(2,3)4,35-26(41)42)37(27(43)44)29(5,6)7/h10-11,13-14,34-35H,12,15-17H2,1-9H3,(H,31,40)(H,41,42)(H,43,44)(H,32,33,38). The van der Waals surface area contributed by atoms with Crippen LogP contribution in [0.2, 0.25) is 0 Å². The summed E-state index contributed by atoms with van der Waals surface area (Å²) in [5.74, 6) is -2.58. The summed E-state index contributed by atoms with van der Waals surface area (Å²) in [6.07, 6.45) is -1.71. The SMILES string of the molecule is CC(=O)Nc1nc(CCc2ccc(NC(NC(=O)O)(N(C(=O)O)C(C)(C)C)C(C)(C)C)cc2)c(C(=O)NCCC(=O)N(C)C)s1. The average Bonchev–Trinajstić information content (AvgIpc) is 3.27. The van der Waals surface area contributed by atoms with Gasteiger partial charge in [-0.05, 0) is 51.3 Å². The molecule has 0 aliphatic carbocycles. The van der Waals surface area contributed by atoms with E-state index in [4.69, 9.17) is 0 Å². The van der Waals surface area contributed by atoms with Gasteiger partial charge < -0.3 is 31.1 Å². The Morgan fingerprint density at radius 3 is 2.00 bits per heavy atom. The third kappa shape index (κ3) is 9.80. The van der Waals surface area contributed by atoms with Crippen molar-refractivity contribution in [2.75, 3.05) is 31.3 Å². The first-order valence-electron chi connectivity index (χ1n) is 14.3. The van der Waals surface area contributed by atoms with Crippen molar-refractivity contribution < 1.29 is 34.2 Å². The second-order valence-electron chi connectivity index (χ2n) is 12.8. The maximum atomic E-state index is 13.0. The summed E-state index contributed by atoms with van der Waals surface area (Å²) in [6.45, 7) is 11.8. The maximum Gasteiger partial charge on any atom is 0.411 e. The summed E-state index contributed by atoms with van der Waals surface area (Å²) >= 11 is 1.05. The summed E-state index contributed by atoms with van der Waals surface area (Å²) < 4.78 is 0. The van der Waals surface area contributed by atoms with Crippen molar-refractivity contribution in [1.82, 2.24) is 25.4 Å². The molecule has 0 saturated heterocycles. The monoisotopic (exact) mass is 647 g/mol. The van der Waals surface area contributed by atoms with E-state index < -0.39 is 34.8 Å². The number of thiazole rings is 1. The molecule has 1 heterocycles. The zero-order chi connectivity index (χ0) is 34.3. The van der Waals surface area contributed by atoms with Gasteiger partial charge in [0.1, 0.15) is 4.88 Å². The molecule has 15 heteroatoms. The van der Waals surface area contributed by atoms with Crippen LogP contribution in [0.5, 0.6) is 0 Å². The van der Waals surface area contributed by atoms with Crippen molar-refractivity contribution in [2.24, 2.45) is 5.41 Å². The van der Waals surface area contributed by atoms with Crippen molar-refractivity contribution in [3.8, 4) is 0 Å². The number of amides is 5. The number of rotatable bonds is 12. The smallest absolute Gasteiger partial charge is 0.411 e. The van der Waals surface area contributed by atoms with Gasteiger partial charge in [0.2, 0.25) is 17.6 Å². The Morgan fingerprint density at radius 1 is 0.933 bits per heavy atom. The Morgan fingerprint density at radius 2 is 1.53 bits per heavy atom. The van der Waals surface area contributed by atoms with E-state index in [9.17, 15) is 34.2 Å². The second-order valence-corrected chi connectivity index (χ2v) is 13.8. The van der Waals surface area contributed by atoms with Crippen molar-refractivity contribution in [3.63, 3.8) is 0 Å². The molecule has 1 atom stereocenters. The quantitative estimate of drug-likeness (QED) is 0.183. The number of carbonyl (C=O) groups is 5. The second kappa shape index (κ2) is 14.6. The highest BCUT2D eigenvalue weighted by Crippen LogP contribution is 2.39. The zero-order valence-electron chi connectivity index (χ0n) is 27.3. The van der Waals surface area contributed by atoms with Crippen molar-refractivity contribution in [2.45, 2.75) is 79.1 Å². The highest BCUT2D eigenvalue weighted by Gasteiger charge is 2.54. The largest absolute Gasteiger partial charge is 0.465 e. The van der Waals surface area contributed by atoms with E-state index in [1.165, 1.54) is 11.8 Å². The van der Waals surface area contributed by atoms with Crippen molar-refractivity contribution in [1.29, 1.82) is 0 Å². The molecule has 0 spiro atoms. The summed E-state index contributed by atoms with van der Waals surface area (Å²) in [7, 11) is 3.27. The molecule has 0 radical (unpaired) electrons. The van der Waals surface area contributed by atoms with Crippen LogP contribution in [0, 0.1) is 5.41 Å². The van der Waals surface area contributed by atoms with E-state index >= 15 is 0 Å². The fourth-order valence-corrected chi connectivity index (χ4v) is 5.63. The minimum Gasteiger partial charge on any atom is -0.465 e. The van der Waals surface area contributed by atoms with Gasteiger partial charge in [-0.25, -0.2) is 14.6 Å². The lowest BCUT2D eigenvalue weighted by molar-refractivity contribution is -0.128. The van der Waals surface area contributed by atoms with Crippen LogP contribution in [0.3, 0.4) is 0 Å². The van der Waals surface area contributed by atoms with E-state index in [-0.39, 0.29) is 29.9 Å². The fraction of sp³-hybridized carbons (Fsp3) is 0.533. The van der Waals surface area contributed by atoms with Crippen LogP contribution >= 0.6 is 11.3 Å². The molecule has 0 saturated carbocycles. The molecule has 0 fully saturated rings. The van der Waals surface area contributed by atoms with Gasteiger partial charge in [0.05, 0.1) is 5.69 Å². The van der Waals surface area contributed by atoms with E-state index in [2.05, 4.69) is 26.3 Å². The first-order chi connectivity index (χ1) is 20.7. The van der Waals surface area contributed by atoms with Crippen LogP contribution in [-0.2, 0) is 22.4 Å². The summed E-state index contributed by atoms with van der Waals surface area (Å²) in [5.41, 5.74) is -0.0860. The Balaban J connectivity index is 2.32. The normalized spacial score (nSPS) is 12.8. The van der Waals surface area contributed by atoms with Gasteiger partial charge in [-0.1, -0.05) is 44.2 Å². The Kier molecular flexibility index (Phi) is 11.9. The summed E-state index contributed by atoms with van der Waals surface area (Å²) in [4.78, 5) is 68.2. The Bertz CT molecular complexity index is 1390. The van der Waals surface area contributed by atoms with E-state index in [1.54, 1.807) is 67.8 Å². The number of carbonyl (C=O) groups excluding carboxylic acids is 3. The molecule has 0 aliphatic rings. The van der Waals surface area contributed by atoms with Gasteiger partial charge in [0, 0.05) is 50.6 Å². The summed E-state index contributed by atoms with van der Waals surface area (Å²) in [6, 6.07) is 7.07. The first kappa shape index (κ1) is 36.8. The van der Waals surface area contributed by atoms with Crippen molar-refractivity contribution in [3.05, 3.63) is 40.4 Å². The van der Waals surface area contributed by atoms with Gasteiger partial charge in [-0.15, -0.1) is 0 Å². The topological polar surface area (TPSA) is 193 Å². The fourth-order valence-electron chi connectivity index (χ4n) is 4.66. The van der Waals surface area contributed by atoms with E-state index in [0.29, 0.717) is 29.1 Å². The van der Waals surface area contributed by atoms with Gasteiger partial charge in [-0.3, -0.25) is 24.6 Å². The highest BCUT2D eigenvalue weighted by molar-refractivity contribution is 7.17. The molecule has 0 bridgehead atoms. The van der Waals surface area contributed by atoms with Crippen LogP contribution < -0.4 is 21.3 Å². The number of hydrogen-bond acceptors (Lipinski definition) is 8. The molecular weight excluding hydrogens is 602 g/mol. The number of nitrogens with zero attached hydrogens (tertiary/aromatic N) is 3. The minimum atomic E-state index is -1.75. The first-order valence-corrected chi connectivity index (χ1v) is 15.2. The maximum absolute atomic E-state index is 13.0. The molecule has 248 valence electrons. The molecule has 1 aromatic heterocycles. The molecule has 5 amide bonds. The molecule has 2 rings (SSSR count). The van der Waals surface area contributed by atoms with Gasteiger partial charge >= 0.3 is 12.2 Å². The van der Waals surface area contributed by atoms with Crippen molar-refractivity contribution >= 4 is 52.1 Å². The molecule has 0 aliphatic heterocycles. The lowest BCUT2D eigenvalue weighted by Crippen LogP contribution is -2.76. The number of aryl methyl sites for hydroxylation is 2. The highest BCUT2D eigenvalue weighted by atomic mass is 32.1. The average molecular weight is 648 g/mol. The predicted octanol–water partition coefficient (Wildman–Crippen LogP) is 4.25. The number of anilines is 2. The Labute approximate surface area is 267 Å². The van der Waals surface area contributed by atoms with E-state index in [0.717, 1.165) is 21.8 Å². The molecular formula is C30H45N7O7S. The number of hydrogen-bond donors (Lipinski definition) is 6. The molecule has 45 heavy (non-hydrogen) atoms. The lowest BCUT2D eigenvalue weighted by atomic mass is 9.82. The summed E-state index contributed by atoms with van der Waals surface area (Å²) in [5, 5.41) is 31.2. The molecule has 1 aromatic carbocycles. The van der Waals surface area contributed by atoms with Crippen LogP contribution in [0.1, 0.15) is 75.8 Å². The van der Waals surface area contributed by atoms with Gasteiger partial charge in [-0.2, -0.15) is 0 Å². The molecule has 14 nitrogen and oxygen atoms in total. The van der Waals surface area contributed by atoms with E-state index in [1.807, 2.05) is 12.1 Å². The Hall–Kier alpha value is -4.40. The molecule has 6 N–H and O–H groups in total. The van der Waals surface area contributed by atoms with Gasteiger partial charge in [0.25, 0.3) is 5.91 Å². The minimum absolute atomic E-state index is 0.121. The number of nitrogens with one attached hydrogen (secondary N) is 4. The zero-order valence-corrected chi connectivity index (χ0v) is 28.1. The molecule has 2 aromatic rings. The number of benzene rings is 1. The van der Waals surface area contributed by atoms with Gasteiger partial charge in [0.15, 0.2) is 5.13 Å². The third-order valence-corrected chi connectivity index (χ3v) is 7.82. The number of carboxylic acid groups (broad SMARTS) is 2.